The number of nitrogens with zero attached hydrogens (tertiary/aromatic N) is 1. The Morgan fingerprint density at radius 3 is 2.24 bits per heavy atom. The summed E-state index contributed by atoms with van der Waals surface area (Å²) in [6, 6.07) is 5.94. The summed E-state index contributed by atoms with van der Waals surface area (Å²) >= 11 is 23.2. The van der Waals surface area contributed by atoms with E-state index in [-0.39, 0.29) is 16.6 Å². The molecule has 110 valence electrons. The maximum atomic E-state index is 11.9. The number of amides is 1. The number of nitrogens with one attached hydrogen (secondary N) is 1. The van der Waals surface area contributed by atoms with E-state index in [4.69, 9.17) is 46.4 Å². The minimum atomic E-state index is -0.500. The summed E-state index contributed by atoms with van der Waals surface area (Å²) in [6.07, 6.45) is 1.33. The molecule has 8 heteroatoms. The minimum absolute atomic E-state index is 0.0545. The second-order valence-corrected chi connectivity index (χ2v) is 5.86. The van der Waals surface area contributed by atoms with Crippen LogP contribution < -0.4 is 10.9 Å². The van der Waals surface area contributed by atoms with Crippen molar-refractivity contribution < 1.29 is 4.79 Å². The fourth-order valence-electron chi connectivity index (χ4n) is 1.66. The van der Waals surface area contributed by atoms with Crippen molar-refractivity contribution in [3.63, 3.8) is 0 Å². The molecular weight excluding hydrogens is 358 g/mol. The van der Waals surface area contributed by atoms with E-state index in [2.05, 4.69) is 5.32 Å². The molecule has 2 rings (SSSR count). The number of aromatic nitrogens is 1. The average molecular weight is 366 g/mol. The molecule has 21 heavy (non-hydrogen) atoms. The van der Waals surface area contributed by atoms with Gasteiger partial charge in [-0.3, -0.25) is 9.59 Å². The van der Waals surface area contributed by atoms with E-state index < -0.39 is 11.5 Å². The lowest BCUT2D eigenvalue weighted by Gasteiger charge is -2.09. The van der Waals surface area contributed by atoms with Crippen molar-refractivity contribution in [3.05, 3.63) is 60.9 Å². The first kappa shape index (κ1) is 16.2. The number of halogens is 4. The van der Waals surface area contributed by atoms with Gasteiger partial charge in [-0.25, -0.2) is 0 Å². The molecule has 1 N–H and O–H groups in total. The van der Waals surface area contributed by atoms with Gasteiger partial charge in [-0.05, 0) is 24.3 Å². The Balaban J connectivity index is 2.17. The van der Waals surface area contributed by atoms with Gasteiger partial charge in [-0.2, -0.15) is 0 Å². The summed E-state index contributed by atoms with van der Waals surface area (Å²) in [5, 5.41) is 3.57. The molecule has 0 saturated heterocycles. The van der Waals surface area contributed by atoms with Crippen LogP contribution in [0.4, 0.5) is 5.69 Å². The summed E-state index contributed by atoms with van der Waals surface area (Å²) in [7, 11) is 0. The summed E-state index contributed by atoms with van der Waals surface area (Å²) < 4.78 is 1.12. The SMILES string of the molecule is O=C(Cn1cc(Cl)cc(Cl)c1=O)Nc1cc(Cl)cc(Cl)c1. The summed E-state index contributed by atoms with van der Waals surface area (Å²) in [4.78, 5) is 23.7. The number of anilines is 1. The van der Waals surface area contributed by atoms with Crippen LogP contribution in [0.3, 0.4) is 0 Å². The Morgan fingerprint density at radius 2 is 1.62 bits per heavy atom. The van der Waals surface area contributed by atoms with Gasteiger partial charge in [0.15, 0.2) is 0 Å². The molecule has 0 spiro atoms. The van der Waals surface area contributed by atoms with Gasteiger partial charge < -0.3 is 9.88 Å². The number of hydrogen-bond donors (Lipinski definition) is 1. The third kappa shape index (κ3) is 4.38. The molecule has 1 amide bonds. The third-order valence-corrected chi connectivity index (χ3v) is 3.38. The number of carbonyl (C=O) groups is 1. The molecule has 4 nitrogen and oxygen atoms in total. The summed E-state index contributed by atoms with van der Waals surface area (Å²) in [6.45, 7) is -0.233. The first-order valence-electron chi connectivity index (χ1n) is 5.66. The van der Waals surface area contributed by atoms with Crippen molar-refractivity contribution in [2.45, 2.75) is 6.54 Å². The maximum Gasteiger partial charge on any atom is 0.269 e. The molecule has 0 aliphatic carbocycles. The van der Waals surface area contributed by atoms with Gasteiger partial charge in [0, 0.05) is 21.9 Å². The van der Waals surface area contributed by atoms with E-state index in [0.29, 0.717) is 15.7 Å². The Hall–Kier alpha value is -1.20. The highest BCUT2D eigenvalue weighted by atomic mass is 35.5. The van der Waals surface area contributed by atoms with Gasteiger partial charge in [0.2, 0.25) is 5.91 Å². The summed E-state index contributed by atoms with van der Waals surface area (Å²) in [5.41, 5.74) is -0.0704. The molecule has 1 heterocycles. The van der Waals surface area contributed by atoms with E-state index in [9.17, 15) is 9.59 Å². The fourth-order valence-corrected chi connectivity index (χ4v) is 2.70. The molecule has 0 radical (unpaired) electrons. The van der Waals surface area contributed by atoms with Gasteiger partial charge in [0.05, 0.1) is 5.02 Å². The minimum Gasteiger partial charge on any atom is -0.324 e. The Bertz CT molecular complexity index is 738. The highest BCUT2D eigenvalue weighted by Gasteiger charge is 2.09. The van der Waals surface area contributed by atoms with Crippen molar-refractivity contribution in [1.29, 1.82) is 0 Å². The Kier molecular flexibility index (Phi) is 5.17. The van der Waals surface area contributed by atoms with Crippen LogP contribution in [0.1, 0.15) is 0 Å². The Labute approximate surface area is 140 Å². The highest BCUT2D eigenvalue weighted by Crippen LogP contribution is 2.22. The number of pyridine rings is 1. The molecule has 0 fully saturated rings. The number of benzene rings is 1. The van der Waals surface area contributed by atoms with E-state index in [1.54, 1.807) is 18.2 Å². The first-order chi connectivity index (χ1) is 9.85. The first-order valence-corrected chi connectivity index (χ1v) is 7.18. The lowest BCUT2D eigenvalue weighted by atomic mass is 10.3. The van der Waals surface area contributed by atoms with Crippen LogP contribution in [0.15, 0.2) is 35.3 Å². The van der Waals surface area contributed by atoms with Crippen LogP contribution >= 0.6 is 46.4 Å². The van der Waals surface area contributed by atoms with Crippen molar-refractivity contribution >= 4 is 58.0 Å². The van der Waals surface area contributed by atoms with Crippen LogP contribution in [0.25, 0.3) is 0 Å². The van der Waals surface area contributed by atoms with Gasteiger partial charge in [-0.15, -0.1) is 0 Å². The lowest BCUT2D eigenvalue weighted by Crippen LogP contribution is -2.27. The smallest absolute Gasteiger partial charge is 0.269 e. The zero-order chi connectivity index (χ0) is 15.6. The van der Waals surface area contributed by atoms with Crippen molar-refractivity contribution in [2.24, 2.45) is 0 Å². The van der Waals surface area contributed by atoms with Crippen LogP contribution in [0.2, 0.25) is 20.1 Å². The number of hydrogen-bond acceptors (Lipinski definition) is 2. The van der Waals surface area contributed by atoms with Crippen LogP contribution in [-0.2, 0) is 11.3 Å². The molecule has 0 atom stereocenters. The molecule has 0 aliphatic heterocycles. The van der Waals surface area contributed by atoms with Crippen molar-refractivity contribution in [2.75, 3.05) is 5.32 Å². The average Bonchev–Trinajstić information content (AvgIpc) is 2.33. The summed E-state index contributed by atoms with van der Waals surface area (Å²) in [5.74, 6) is -0.436. The number of carbonyl (C=O) groups excluding carboxylic acids is 1. The van der Waals surface area contributed by atoms with E-state index in [1.807, 2.05) is 0 Å². The second-order valence-electron chi connectivity index (χ2n) is 4.15. The third-order valence-electron chi connectivity index (χ3n) is 2.47. The topological polar surface area (TPSA) is 51.1 Å². The van der Waals surface area contributed by atoms with Crippen molar-refractivity contribution in [1.82, 2.24) is 4.57 Å². The molecule has 1 aromatic heterocycles. The molecule has 0 saturated carbocycles. The van der Waals surface area contributed by atoms with Gasteiger partial charge in [-0.1, -0.05) is 46.4 Å². The molecular formula is C13H8Cl4N2O2. The van der Waals surface area contributed by atoms with E-state index in [1.165, 1.54) is 12.3 Å². The van der Waals surface area contributed by atoms with Crippen molar-refractivity contribution in [3.8, 4) is 0 Å². The largest absolute Gasteiger partial charge is 0.324 e. The monoisotopic (exact) mass is 364 g/mol. The zero-order valence-electron chi connectivity index (χ0n) is 10.4. The van der Waals surface area contributed by atoms with E-state index in [0.717, 1.165) is 4.57 Å². The molecule has 0 bridgehead atoms. The normalized spacial score (nSPS) is 10.5. The fraction of sp³-hybridized carbons (Fsp3) is 0.0769. The molecule has 0 aliphatic rings. The maximum absolute atomic E-state index is 11.9. The van der Waals surface area contributed by atoms with Gasteiger partial charge in [0.25, 0.3) is 5.56 Å². The van der Waals surface area contributed by atoms with Crippen LogP contribution in [-0.4, -0.2) is 10.5 Å². The predicted octanol–water partition coefficient (Wildman–Crippen LogP) is 4.10. The Morgan fingerprint density at radius 1 is 1.00 bits per heavy atom. The lowest BCUT2D eigenvalue weighted by molar-refractivity contribution is -0.116. The van der Waals surface area contributed by atoms with Gasteiger partial charge in [0.1, 0.15) is 11.6 Å². The highest BCUT2D eigenvalue weighted by molar-refractivity contribution is 6.35. The van der Waals surface area contributed by atoms with Crippen LogP contribution in [0, 0.1) is 0 Å². The zero-order valence-corrected chi connectivity index (χ0v) is 13.4. The predicted molar refractivity (Wildman–Crippen MR) is 85.8 cm³/mol. The van der Waals surface area contributed by atoms with E-state index >= 15 is 0 Å². The van der Waals surface area contributed by atoms with Gasteiger partial charge >= 0.3 is 0 Å². The number of rotatable bonds is 3. The molecule has 0 unspecified atom stereocenters. The van der Waals surface area contributed by atoms with Crippen LogP contribution in [0.5, 0.6) is 0 Å². The molecule has 1 aromatic carbocycles. The molecule has 2 aromatic rings. The standard InChI is InChI=1S/C13H8Cl4N2O2/c14-7-1-8(15)3-10(2-7)18-12(20)6-19-5-9(16)4-11(17)13(19)21/h1-5H,6H2,(H,18,20). The quantitative estimate of drug-likeness (QED) is 0.890. The second kappa shape index (κ2) is 6.71.